The van der Waals surface area contributed by atoms with Crippen molar-refractivity contribution >= 4 is 28.2 Å². The van der Waals surface area contributed by atoms with E-state index in [9.17, 15) is 9.59 Å². The Morgan fingerprint density at radius 3 is 2.54 bits per heavy atom. The first kappa shape index (κ1) is 18.6. The number of rotatable bonds is 4. The zero-order valence-electron chi connectivity index (χ0n) is 15.7. The molecule has 3 rings (SSSR count). The van der Waals surface area contributed by atoms with Crippen LogP contribution < -0.4 is 5.32 Å². The summed E-state index contributed by atoms with van der Waals surface area (Å²) in [5.41, 5.74) is 3.36. The Morgan fingerprint density at radius 2 is 1.92 bits per heavy atom. The van der Waals surface area contributed by atoms with Crippen LogP contribution in [0.1, 0.15) is 69.8 Å². The second-order valence-electron chi connectivity index (χ2n) is 7.28. The summed E-state index contributed by atoms with van der Waals surface area (Å²) in [6.45, 7) is 6.46. The molecule has 2 aromatic rings. The Bertz CT molecular complexity index is 821. The number of amides is 1. The molecule has 1 N–H and O–H groups in total. The lowest BCUT2D eigenvalue weighted by Crippen LogP contribution is -2.16. The second-order valence-corrected chi connectivity index (χ2v) is 8.38. The van der Waals surface area contributed by atoms with Crippen LogP contribution in [0.4, 0.5) is 5.00 Å². The molecule has 0 aliphatic heterocycles. The number of esters is 1. The molecule has 26 heavy (non-hydrogen) atoms. The molecule has 1 unspecified atom stereocenters. The predicted octanol–water partition coefficient (Wildman–Crippen LogP) is 5.04. The van der Waals surface area contributed by atoms with Gasteiger partial charge in [-0.15, -0.1) is 11.3 Å². The van der Waals surface area contributed by atoms with Gasteiger partial charge in [-0.05, 0) is 54.4 Å². The van der Waals surface area contributed by atoms with Crippen LogP contribution in [0.2, 0.25) is 0 Å². The largest absolute Gasteiger partial charge is 0.465 e. The van der Waals surface area contributed by atoms with Crippen LogP contribution in [0.25, 0.3) is 0 Å². The van der Waals surface area contributed by atoms with Gasteiger partial charge in [0, 0.05) is 10.4 Å². The van der Waals surface area contributed by atoms with Crippen LogP contribution in [0.5, 0.6) is 0 Å². The molecule has 0 spiro atoms. The van der Waals surface area contributed by atoms with Crippen molar-refractivity contribution < 1.29 is 14.3 Å². The lowest BCUT2D eigenvalue weighted by Gasteiger charge is -2.18. The lowest BCUT2D eigenvalue weighted by atomic mass is 9.88. The van der Waals surface area contributed by atoms with Gasteiger partial charge in [-0.2, -0.15) is 0 Å². The van der Waals surface area contributed by atoms with Gasteiger partial charge in [-0.1, -0.05) is 32.9 Å². The standard InChI is InChI=1S/C21H25NO3S/c1-12(2)14-6-8-15(9-7-14)19(23)22-20-18(21(24)25-4)16-10-5-13(3)11-17(16)26-20/h6-9,12-13H,5,10-11H2,1-4H3,(H,22,23). The average molecular weight is 372 g/mol. The number of nitrogens with one attached hydrogen (secondary N) is 1. The zero-order chi connectivity index (χ0) is 18.8. The molecule has 0 fully saturated rings. The molecule has 0 bridgehead atoms. The number of methoxy groups -OCH3 is 1. The first-order chi connectivity index (χ1) is 12.4. The van der Waals surface area contributed by atoms with Crippen LogP contribution in [0, 0.1) is 5.92 Å². The van der Waals surface area contributed by atoms with Crippen molar-refractivity contribution in [2.45, 2.75) is 46.0 Å². The Kier molecular flexibility index (Phi) is 5.47. The number of anilines is 1. The van der Waals surface area contributed by atoms with Gasteiger partial charge in [0.25, 0.3) is 5.91 Å². The third-order valence-corrected chi connectivity index (χ3v) is 6.14. The lowest BCUT2D eigenvalue weighted by molar-refractivity contribution is 0.0601. The van der Waals surface area contributed by atoms with Crippen molar-refractivity contribution in [3.05, 3.63) is 51.4 Å². The third kappa shape index (κ3) is 3.68. The molecule has 1 aliphatic carbocycles. The van der Waals surface area contributed by atoms with Crippen LogP contribution in [0.15, 0.2) is 24.3 Å². The van der Waals surface area contributed by atoms with Crippen LogP contribution >= 0.6 is 11.3 Å². The molecule has 0 radical (unpaired) electrons. The summed E-state index contributed by atoms with van der Waals surface area (Å²) in [5, 5.41) is 3.55. The van der Waals surface area contributed by atoms with E-state index in [1.165, 1.54) is 28.9 Å². The van der Waals surface area contributed by atoms with E-state index in [0.29, 0.717) is 28.0 Å². The Hall–Kier alpha value is -2.14. The minimum absolute atomic E-state index is 0.197. The minimum Gasteiger partial charge on any atom is -0.465 e. The highest BCUT2D eigenvalue weighted by atomic mass is 32.1. The van der Waals surface area contributed by atoms with Crippen LogP contribution in [0.3, 0.4) is 0 Å². The average Bonchev–Trinajstić information content (AvgIpc) is 2.97. The fourth-order valence-electron chi connectivity index (χ4n) is 3.35. The second kappa shape index (κ2) is 7.62. The van der Waals surface area contributed by atoms with Gasteiger partial charge in [-0.25, -0.2) is 4.79 Å². The number of thiophene rings is 1. The maximum Gasteiger partial charge on any atom is 0.341 e. The van der Waals surface area contributed by atoms with E-state index in [0.717, 1.165) is 24.8 Å². The third-order valence-electron chi connectivity index (χ3n) is 4.97. The van der Waals surface area contributed by atoms with Crippen molar-refractivity contribution in [3.8, 4) is 0 Å². The minimum atomic E-state index is -0.373. The van der Waals surface area contributed by atoms with E-state index in [1.807, 2.05) is 24.3 Å². The number of benzene rings is 1. The van der Waals surface area contributed by atoms with E-state index < -0.39 is 0 Å². The van der Waals surface area contributed by atoms with Crippen LogP contribution in [-0.2, 0) is 17.6 Å². The monoisotopic (exact) mass is 371 g/mol. The molecule has 4 nitrogen and oxygen atoms in total. The fraction of sp³-hybridized carbons (Fsp3) is 0.429. The molecule has 1 aliphatic rings. The van der Waals surface area contributed by atoms with Crippen molar-refractivity contribution in [2.24, 2.45) is 5.92 Å². The number of carbonyl (C=O) groups is 2. The molecule has 0 saturated carbocycles. The number of fused-ring (bicyclic) bond motifs is 1. The molecule has 5 heteroatoms. The molecular formula is C21H25NO3S. The molecular weight excluding hydrogens is 346 g/mol. The van der Waals surface area contributed by atoms with Crippen molar-refractivity contribution in [3.63, 3.8) is 0 Å². The maximum absolute atomic E-state index is 12.7. The van der Waals surface area contributed by atoms with E-state index in [-0.39, 0.29) is 11.9 Å². The van der Waals surface area contributed by atoms with Gasteiger partial charge in [0.2, 0.25) is 0 Å². The van der Waals surface area contributed by atoms with Crippen molar-refractivity contribution in [1.29, 1.82) is 0 Å². The molecule has 138 valence electrons. The summed E-state index contributed by atoms with van der Waals surface area (Å²) in [7, 11) is 1.38. The zero-order valence-corrected chi connectivity index (χ0v) is 16.5. The predicted molar refractivity (Wildman–Crippen MR) is 105 cm³/mol. The first-order valence-electron chi connectivity index (χ1n) is 9.04. The van der Waals surface area contributed by atoms with Gasteiger partial charge in [-0.3, -0.25) is 4.79 Å². The normalized spacial score (nSPS) is 16.3. The summed E-state index contributed by atoms with van der Waals surface area (Å²) in [5.74, 6) is 0.447. The summed E-state index contributed by atoms with van der Waals surface area (Å²) >= 11 is 1.51. The van der Waals surface area contributed by atoms with Crippen molar-refractivity contribution in [2.75, 3.05) is 12.4 Å². The highest BCUT2D eigenvalue weighted by molar-refractivity contribution is 7.17. The van der Waals surface area contributed by atoms with Crippen LogP contribution in [-0.4, -0.2) is 19.0 Å². The molecule has 1 heterocycles. The molecule has 1 atom stereocenters. The van der Waals surface area contributed by atoms with Gasteiger partial charge in [0.15, 0.2) is 0 Å². The highest BCUT2D eigenvalue weighted by Gasteiger charge is 2.29. The van der Waals surface area contributed by atoms with Gasteiger partial charge in [0.1, 0.15) is 5.00 Å². The number of ether oxygens (including phenoxy) is 1. The van der Waals surface area contributed by atoms with Gasteiger partial charge >= 0.3 is 5.97 Å². The SMILES string of the molecule is COC(=O)c1c(NC(=O)c2ccc(C(C)C)cc2)sc2c1CCC(C)C2. The molecule has 1 aromatic heterocycles. The molecule has 1 aromatic carbocycles. The highest BCUT2D eigenvalue weighted by Crippen LogP contribution is 2.40. The van der Waals surface area contributed by atoms with E-state index >= 15 is 0 Å². The van der Waals surface area contributed by atoms with E-state index in [2.05, 4.69) is 26.1 Å². The molecule has 1 amide bonds. The quantitative estimate of drug-likeness (QED) is 0.767. The topological polar surface area (TPSA) is 55.4 Å². The Morgan fingerprint density at radius 1 is 1.23 bits per heavy atom. The van der Waals surface area contributed by atoms with E-state index in [4.69, 9.17) is 4.74 Å². The summed E-state index contributed by atoms with van der Waals surface area (Å²) in [6, 6.07) is 7.61. The van der Waals surface area contributed by atoms with Crippen molar-refractivity contribution in [1.82, 2.24) is 0 Å². The Balaban J connectivity index is 1.89. The summed E-state index contributed by atoms with van der Waals surface area (Å²) in [6.07, 6.45) is 2.86. The van der Waals surface area contributed by atoms with Gasteiger partial charge < -0.3 is 10.1 Å². The van der Waals surface area contributed by atoms with Gasteiger partial charge in [0.05, 0.1) is 12.7 Å². The smallest absolute Gasteiger partial charge is 0.341 e. The molecule has 0 saturated heterocycles. The van der Waals surface area contributed by atoms with E-state index in [1.54, 1.807) is 0 Å². The first-order valence-corrected chi connectivity index (χ1v) is 9.86. The number of hydrogen-bond acceptors (Lipinski definition) is 4. The Labute approximate surface area is 158 Å². The summed E-state index contributed by atoms with van der Waals surface area (Å²) in [4.78, 5) is 26.2. The maximum atomic E-state index is 12.7. The summed E-state index contributed by atoms with van der Waals surface area (Å²) < 4.78 is 4.97. The number of carbonyl (C=O) groups excluding carboxylic acids is 2. The number of hydrogen-bond donors (Lipinski definition) is 1. The fourth-order valence-corrected chi connectivity index (χ4v) is 4.75.